The maximum Gasteiger partial charge on any atom is 0.405 e. The van der Waals surface area contributed by atoms with Crippen molar-refractivity contribution in [3.8, 4) is 0 Å². The molecule has 2 heterocycles. The molecule has 1 aromatic heterocycles. The van der Waals surface area contributed by atoms with Gasteiger partial charge in [0.05, 0.1) is 16.2 Å². The molecule has 2 aromatic rings. The van der Waals surface area contributed by atoms with Crippen molar-refractivity contribution in [2.45, 2.75) is 19.0 Å². The van der Waals surface area contributed by atoms with Crippen molar-refractivity contribution < 1.29 is 22.9 Å². The number of halogens is 3. The second-order valence-electron chi connectivity index (χ2n) is 6.40. The van der Waals surface area contributed by atoms with Crippen LogP contribution in [0.3, 0.4) is 0 Å². The van der Waals surface area contributed by atoms with Gasteiger partial charge in [0.2, 0.25) is 5.91 Å². The quantitative estimate of drug-likeness (QED) is 0.649. The van der Waals surface area contributed by atoms with Gasteiger partial charge in [0.1, 0.15) is 6.54 Å². The Balaban J connectivity index is 1.83. The second-order valence-corrected chi connectivity index (χ2v) is 6.40. The van der Waals surface area contributed by atoms with Crippen LogP contribution in [0.1, 0.15) is 12.8 Å². The van der Waals surface area contributed by atoms with Gasteiger partial charge in [-0.25, -0.2) is 0 Å². The van der Waals surface area contributed by atoms with Crippen LogP contribution in [0.15, 0.2) is 30.6 Å². The molecule has 1 amide bonds. The minimum Gasteiger partial charge on any atom is -0.370 e. The summed E-state index contributed by atoms with van der Waals surface area (Å²) in [7, 11) is 0. The number of pyridine rings is 1. The van der Waals surface area contributed by atoms with E-state index in [1.54, 1.807) is 12.1 Å². The van der Waals surface area contributed by atoms with Crippen LogP contribution >= 0.6 is 0 Å². The van der Waals surface area contributed by atoms with Gasteiger partial charge >= 0.3 is 6.18 Å². The highest BCUT2D eigenvalue weighted by molar-refractivity contribution is 5.99. The van der Waals surface area contributed by atoms with Gasteiger partial charge in [-0.2, -0.15) is 13.2 Å². The van der Waals surface area contributed by atoms with Crippen LogP contribution in [0.2, 0.25) is 0 Å². The fraction of sp³-hybridized carbons (Fsp3) is 0.412. The van der Waals surface area contributed by atoms with Gasteiger partial charge < -0.3 is 10.2 Å². The first kappa shape index (κ1) is 18.9. The van der Waals surface area contributed by atoms with Gasteiger partial charge in [0, 0.05) is 42.6 Å². The molecular weight excluding hydrogens is 365 g/mol. The van der Waals surface area contributed by atoms with Gasteiger partial charge in [-0.05, 0) is 25.0 Å². The number of carbonyl (C=O) groups is 1. The van der Waals surface area contributed by atoms with Gasteiger partial charge in [-0.3, -0.25) is 19.9 Å². The molecule has 1 aliphatic rings. The van der Waals surface area contributed by atoms with Crippen LogP contribution in [0.4, 0.5) is 24.5 Å². The zero-order valence-corrected chi connectivity index (χ0v) is 14.2. The molecule has 0 spiro atoms. The van der Waals surface area contributed by atoms with E-state index < -0.39 is 29.5 Å². The molecule has 1 fully saturated rings. The largest absolute Gasteiger partial charge is 0.405 e. The van der Waals surface area contributed by atoms with E-state index in [1.165, 1.54) is 18.5 Å². The summed E-state index contributed by atoms with van der Waals surface area (Å²) < 4.78 is 36.9. The number of non-ortho nitro benzene ring substituents is 1. The van der Waals surface area contributed by atoms with E-state index >= 15 is 0 Å². The third-order valence-corrected chi connectivity index (χ3v) is 4.56. The third kappa shape index (κ3) is 4.26. The molecule has 1 N–H and O–H groups in total. The normalized spacial score (nSPS) is 17.7. The Kier molecular flexibility index (Phi) is 5.15. The van der Waals surface area contributed by atoms with Gasteiger partial charge in [0.15, 0.2) is 0 Å². The number of rotatable bonds is 4. The number of hydrogen-bond acceptors (Lipinski definition) is 5. The Labute approximate surface area is 152 Å². The average Bonchev–Trinajstić information content (AvgIpc) is 2.64. The highest BCUT2D eigenvalue weighted by Gasteiger charge is 2.32. The minimum absolute atomic E-state index is 0.0710. The molecule has 7 nitrogen and oxygen atoms in total. The summed E-state index contributed by atoms with van der Waals surface area (Å²) >= 11 is 0. The predicted octanol–water partition coefficient (Wildman–Crippen LogP) is 3.04. The van der Waals surface area contributed by atoms with Crippen molar-refractivity contribution in [3.63, 3.8) is 0 Å². The number of nitro benzene ring substituents is 1. The lowest BCUT2D eigenvalue weighted by molar-refractivity contribution is -0.383. The molecule has 0 bridgehead atoms. The van der Waals surface area contributed by atoms with Crippen molar-refractivity contribution in [3.05, 3.63) is 40.7 Å². The number of aromatic nitrogens is 1. The molecule has 1 unspecified atom stereocenters. The number of amides is 1. The number of alkyl halides is 3. The van der Waals surface area contributed by atoms with Gasteiger partial charge in [-0.1, -0.05) is 0 Å². The third-order valence-electron chi connectivity index (χ3n) is 4.56. The standard InChI is InChI=1S/C17H17F3N4O3/c18-17(19,20)10-22-16(25)11-2-1-7-23(9-11)14-3-4-15(24(26)27)13-8-21-6-5-12(13)14/h3-6,8,11H,1-2,7,9-10H2,(H,22,25). The molecule has 0 radical (unpaired) electrons. The monoisotopic (exact) mass is 382 g/mol. The fourth-order valence-corrected chi connectivity index (χ4v) is 3.34. The number of fused-ring (bicyclic) bond motifs is 1. The lowest BCUT2D eigenvalue weighted by Crippen LogP contribution is -2.45. The van der Waals surface area contributed by atoms with E-state index in [0.29, 0.717) is 35.8 Å². The summed E-state index contributed by atoms with van der Waals surface area (Å²) in [6.07, 6.45) is -0.395. The van der Waals surface area contributed by atoms with Crippen LogP contribution in [-0.4, -0.2) is 41.6 Å². The molecule has 3 rings (SSSR count). The van der Waals surface area contributed by atoms with E-state index in [-0.39, 0.29) is 12.2 Å². The molecule has 27 heavy (non-hydrogen) atoms. The summed E-state index contributed by atoms with van der Waals surface area (Å²) in [6.45, 7) is -0.494. The van der Waals surface area contributed by atoms with Crippen molar-refractivity contribution in [1.82, 2.24) is 10.3 Å². The second kappa shape index (κ2) is 7.37. The van der Waals surface area contributed by atoms with Gasteiger partial charge in [-0.15, -0.1) is 0 Å². The van der Waals surface area contributed by atoms with Gasteiger partial charge in [0.25, 0.3) is 5.69 Å². The number of anilines is 1. The number of nitrogens with zero attached hydrogens (tertiary/aromatic N) is 3. The molecule has 144 valence electrons. The highest BCUT2D eigenvalue weighted by Crippen LogP contribution is 2.35. The lowest BCUT2D eigenvalue weighted by atomic mass is 9.95. The van der Waals surface area contributed by atoms with Crippen molar-refractivity contribution in [2.75, 3.05) is 24.5 Å². The Bertz CT molecular complexity index is 872. The topological polar surface area (TPSA) is 88.4 Å². The molecule has 1 aliphatic heterocycles. The first-order chi connectivity index (χ1) is 12.8. The van der Waals surface area contributed by atoms with E-state index in [2.05, 4.69) is 4.98 Å². The van der Waals surface area contributed by atoms with E-state index in [1.807, 2.05) is 10.2 Å². The summed E-state index contributed by atoms with van der Waals surface area (Å²) in [5.74, 6) is -1.21. The van der Waals surface area contributed by atoms with Crippen molar-refractivity contribution in [2.24, 2.45) is 5.92 Å². The smallest absolute Gasteiger partial charge is 0.370 e. The first-order valence-corrected chi connectivity index (χ1v) is 8.37. The SMILES string of the molecule is O=C(NCC(F)(F)F)C1CCCN(c2ccc([N+](=O)[O-])c3cnccc23)C1. The zero-order chi connectivity index (χ0) is 19.6. The summed E-state index contributed by atoms with van der Waals surface area (Å²) in [6, 6.07) is 4.65. The molecule has 10 heteroatoms. The number of benzene rings is 1. The van der Waals surface area contributed by atoms with Crippen LogP contribution in [0.25, 0.3) is 10.8 Å². The minimum atomic E-state index is -4.45. The van der Waals surface area contributed by atoms with Crippen LogP contribution in [0.5, 0.6) is 0 Å². The van der Waals surface area contributed by atoms with E-state index in [0.717, 1.165) is 0 Å². The lowest BCUT2D eigenvalue weighted by Gasteiger charge is -2.34. The molecule has 1 aromatic carbocycles. The summed E-state index contributed by atoms with van der Waals surface area (Å²) in [5, 5.41) is 14.2. The Hall–Kier alpha value is -2.91. The number of hydrogen-bond donors (Lipinski definition) is 1. The molecule has 1 saturated heterocycles. The van der Waals surface area contributed by atoms with Crippen LogP contribution < -0.4 is 10.2 Å². The molecule has 0 saturated carbocycles. The van der Waals surface area contributed by atoms with Crippen LogP contribution in [0, 0.1) is 16.0 Å². The number of piperidine rings is 1. The number of nitrogens with one attached hydrogen (secondary N) is 1. The summed E-state index contributed by atoms with van der Waals surface area (Å²) in [5.41, 5.74) is 0.629. The Morgan fingerprint density at radius 3 is 2.81 bits per heavy atom. The molecular formula is C17H17F3N4O3. The van der Waals surface area contributed by atoms with Crippen molar-refractivity contribution in [1.29, 1.82) is 0 Å². The zero-order valence-electron chi connectivity index (χ0n) is 14.2. The molecule has 0 aliphatic carbocycles. The number of nitro groups is 1. The number of carbonyl (C=O) groups excluding carboxylic acids is 1. The van der Waals surface area contributed by atoms with E-state index in [9.17, 15) is 28.1 Å². The highest BCUT2D eigenvalue weighted by atomic mass is 19.4. The Morgan fingerprint density at radius 1 is 1.33 bits per heavy atom. The summed E-state index contributed by atoms with van der Waals surface area (Å²) in [4.78, 5) is 28.6. The maximum absolute atomic E-state index is 12.3. The first-order valence-electron chi connectivity index (χ1n) is 8.37. The fourth-order valence-electron chi connectivity index (χ4n) is 3.34. The average molecular weight is 382 g/mol. The van der Waals surface area contributed by atoms with Crippen LogP contribution in [-0.2, 0) is 4.79 Å². The molecule has 1 atom stereocenters. The maximum atomic E-state index is 12.3. The van der Waals surface area contributed by atoms with E-state index in [4.69, 9.17) is 0 Å². The Morgan fingerprint density at radius 2 is 2.11 bits per heavy atom. The predicted molar refractivity (Wildman–Crippen MR) is 92.4 cm³/mol. The van der Waals surface area contributed by atoms with Crippen molar-refractivity contribution >= 4 is 28.1 Å².